The van der Waals surface area contributed by atoms with E-state index >= 15 is 0 Å². The van der Waals surface area contributed by atoms with Crippen molar-refractivity contribution < 1.29 is 29.6 Å². The average Bonchev–Trinajstić information content (AvgIpc) is 3.31. The highest BCUT2D eigenvalue weighted by molar-refractivity contribution is 5.92. The quantitative estimate of drug-likeness (QED) is 0.619. The fraction of sp³-hybridized carbons (Fsp3) is 0.810. The summed E-state index contributed by atoms with van der Waals surface area (Å²) in [4.78, 5) is 24.4. The van der Waals surface area contributed by atoms with E-state index in [1.807, 2.05) is 13.0 Å². The van der Waals surface area contributed by atoms with Crippen molar-refractivity contribution in [3.05, 3.63) is 11.6 Å². The summed E-state index contributed by atoms with van der Waals surface area (Å²) in [5.74, 6) is -0.428. The van der Waals surface area contributed by atoms with Crippen LogP contribution in [0.15, 0.2) is 11.6 Å². The molecule has 5 rings (SSSR count). The molecule has 1 heterocycles. The van der Waals surface area contributed by atoms with E-state index in [0.717, 1.165) is 19.3 Å². The molecule has 0 radical (unpaired) electrons. The number of fused-ring (bicyclic) bond motifs is 3. The van der Waals surface area contributed by atoms with E-state index < -0.39 is 29.5 Å². The summed E-state index contributed by atoms with van der Waals surface area (Å²) in [5, 5.41) is 31.4. The molecule has 6 heteroatoms. The predicted molar refractivity (Wildman–Crippen MR) is 94.6 cm³/mol. The summed E-state index contributed by atoms with van der Waals surface area (Å²) in [6.07, 6.45) is 4.35. The third-order valence-electron chi connectivity index (χ3n) is 9.12. The van der Waals surface area contributed by atoms with E-state index in [1.54, 1.807) is 0 Å². The first-order valence-corrected chi connectivity index (χ1v) is 10.1. The van der Waals surface area contributed by atoms with Crippen LogP contribution in [0.1, 0.15) is 52.4 Å². The maximum atomic E-state index is 12.5. The number of carbonyl (C=O) groups excluding carboxylic acids is 2. The van der Waals surface area contributed by atoms with E-state index in [2.05, 4.69) is 6.92 Å². The van der Waals surface area contributed by atoms with E-state index in [4.69, 9.17) is 4.74 Å². The zero-order valence-electron chi connectivity index (χ0n) is 15.9. The monoisotopic (exact) mass is 376 g/mol. The van der Waals surface area contributed by atoms with Crippen LogP contribution in [-0.4, -0.2) is 56.9 Å². The second-order valence-corrected chi connectivity index (χ2v) is 9.84. The number of rotatable bonds is 2. The lowest BCUT2D eigenvalue weighted by Crippen LogP contribution is -2.63. The van der Waals surface area contributed by atoms with Crippen LogP contribution in [0.5, 0.6) is 0 Å². The van der Waals surface area contributed by atoms with Gasteiger partial charge in [0.2, 0.25) is 0 Å². The van der Waals surface area contributed by atoms with Gasteiger partial charge < -0.3 is 20.1 Å². The second kappa shape index (κ2) is 5.09. The third kappa shape index (κ3) is 1.77. The number of carbonyl (C=O) groups is 2. The molecule has 1 aliphatic heterocycles. The Bertz CT molecular complexity index is 775. The fourth-order valence-electron chi connectivity index (χ4n) is 7.65. The molecule has 0 bridgehead atoms. The molecule has 0 aromatic carbocycles. The van der Waals surface area contributed by atoms with Crippen LogP contribution in [0.2, 0.25) is 0 Å². The van der Waals surface area contributed by atoms with Gasteiger partial charge in [0, 0.05) is 17.3 Å². The largest absolute Gasteiger partial charge is 0.390 e. The van der Waals surface area contributed by atoms with Crippen molar-refractivity contribution in [1.82, 2.24) is 0 Å². The highest BCUT2D eigenvalue weighted by atomic mass is 16.6. The van der Waals surface area contributed by atoms with Crippen molar-refractivity contribution in [3.8, 4) is 0 Å². The molecule has 6 nitrogen and oxygen atoms in total. The molecular weight excluding hydrogens is 348 g/mol. The van der Waals surface area contributed by atoms with Crippen LogP contribution in [-0.2, 0) is 14.3 Å². The van der Waals surface area contributed by atoms with E-state index in [0.29, 0.717) is 19.3 Å². The first-order valence-electron chi connectivity index (χ1n) is 10.1. The number of hydrogen-bond acceptors (Lipinski definition) is 6. The molecule has 0 aromatic heterocycles. The summed E-state index contributed by atoms with van der Waals surface area (Å²) in [6, 6.07) is 0. The van der Waals surface area contributed by atoms with Crippen LogP contribution in [0.4, 0.5) is 0 Å². The summed E-state index contributed by atoms with van der Waals surface area (Å²) in [6.45, 7) is 3.31. The molecule has 3 saturated carbocycles. The molecule has 6 unspecified atom stereocenters. The van der Waals surface area contributed by atoms with Crippen LogP contribution < -0.4 is 0 Å². The van der Waals surface area contributed by atoms with Gasteiger partial charge in [-0.3, -0.25) is 9.59 Å². The van der Waals surface area contributed by atoms with Gasteiger partial charge in [-0.25, -0.2) is 0 Å². The van der Waals surface area contributed by atoms with Crippen molar-refractivity contribution in [2.45, 2.75) is 75.8 Å². The van der Waals surface area contributed by atoms with Gasteiger partial charge in [-0.05, 0) is 50.0 Å². The summed E-state index contributed by atoms with van der Waals surface area (Å²) < 4.78 is 6.40. The van der Waals surface area contributed by atoms with Gasteiger partial charge in [-0.15, -0.1) is 0 Å². The van der Waals surface area contributed by atoms with Crippen LogP contribution in [0.3, 0.4) is 0 Å². The van der Waals surface area contributed by atoms with Crippen molar-refractivity contribution in [1.29, 1.82) is 0 Å². The van der Waals surface area contributed by atoms with E-state index in [9.17, 15) is 24.9 Å². The topological polar surface area (TPSA) is 107 Å². The molecule has 5 aliphatic rings. The number of Topliss-reactive ketones (excluding diaryl/α,β-unsaturated/α-hetero) is 1. The molecule has 3 N–H and O–H groups in total. The van der Waals surface area contributed by atoms with Gasteiger partial charge in [0.15, 0.2) is 17.2 Å². The molecular formula is C21H28O6. The van der Waals surface area contributed by atoms with Crippen molar-refractivity contribution in [2.24, 2.45) is 22.7 Å². The lowest BCUT2D eigenvalue weighted by atomic mass is 9.46. The zero-order valence-corrected chi connectivity index (χ0v) is 15.9. The van der Waals surface area contributed by atoms with Crippen LogP contribution >= 0.6 is 0 Å². The van der Waals surface area contributed by atoms with Gasteiger partial charge in [0.25, 0.3) is 0 Å². The van der Waals surface area contributed by atoms with Gasteiger partial charge in [-0.2, -0.15) is 0 Å². The Balaban J connectivity index is 1.59. The Morgan fingerprint density at radius 3 is 2.74 bits per heavy atom. The summed E-state index contributed by atoms with van der Waals surface area (Å²) in [5.41, 5.74) is -2.10. The van der Waals surface area contributed by atoms with Gasteiger partial charge in [0.1, 0.15) is 12.2 Å². The van der Waals surface area contributed by atoms with Gasteiger partial charge in [-0.1, -0.05) is 19.4 Å². The molecule has 0 amide bonds. The average molecular weight is 376 g/mol. The van der Waals surface area contributed by atoms with E-state index in [1.165, 1.54) is 5.57 Å². The number of ether oxygens (including phenoxy) is 1. The van der Waals surface area contributed by atoms with Gasteiger partial charge >= 0.3 is 0 Å². The Morgan fingerprint density at radius 1 is 1.30 bits per heavy atom. The lowest BCUT2D eigenvalue weighted by molar-refractivity contribution is -0.174. The number of hydrogen-bond donors (Lipinski definition) is 3. The highest BCUT2D eigenvalue weighted by Crippen LogP contribution is 2.76. The minimum Gasteiger partial charge on any atom is -0.390 e. The number of epoxide rings is 1. The first kappa shape index (κ1) is 18.0. The molecule has 1 saturated heterocycles. The third-order valence-corrected chi connectivity index (χ3v) is 9.12. The molecule has 4 fully saturated rings. The Kier molecular flexibility index (Phi) is 3.39. The van der Waals surface area contributed by atoms with Crippen molar-refractivity contribution >= 4 is 11.6 Å². The number of aliphatic hydroxyl groups excluding tert-OH is 2. The van der Waals surface area contributed by atoms with Crippen molar-refractivity contribution in [2.75, 3.05) is 6.61 Å². The smallest absolute Gasteiger partial charge is 0.192 e. The van der Waals surface area contributed by atoms with Crippen molar-refractivity contribution in [3.63, 3.8) is 0 Å². The number of ketones is 2. The maximum Gasteiger partial charge on any atom is 0.192 e. The predicted octanol–water partition coefficient (Wildman–Crippen LogP) is 0.913. The highest BCUT2D eigenvalue weighted by Gasteiger charge is 2.82. The maximum absolute atomic E-state index is 12.5. The molecule has 8 atom stereocenters. The minimum atomic E-state index is -1.93. The molecule has 4 aliphatic carbocycles. The first-order chi connectivity index (χ1) is 12.6. The van der Waals surface area contributed by atoms with Crippen LogP contribution in [0.25, 0.3) is 0 Å². The Morgan fingerprint density at radius 2 is 2.04 bits per heavy atom. The zero-order chi connectivity index (χ0) is 19.4. The SMILES string of the molecule is CC12CCC(=O)C=C1CCC1C3C[C@@H](O)[C@](O)(C(=O)CO)C3(C)CC3OC312. The Labute approximate surface area is 158 Å². The second-order valence-electron chi connectivity index (χ2n) is 9.84. The van der Waals surface area contributed by atoms with Crippen LogP contribution in [0, 0.1) is 22.7 Å². The standard InChI is InChI=1S/C21H28O6/c1-18-6-5-12(23)7-11(18)3-4-13-14-8-15(24)20(26,16(25)10-22)19(14,2)9-17-21(13,18)27-17/h7,13-15,17,22,24,26H,3-6,8-10H2,1-2H3/t13?,14?,15-,17?,18?,19?,20+,21?/m1/s1. The molecule has 1 spiro atoms. The number of aliphatic hydroxyl groups is 3. The fourth-order valence-corrected chi connectivity index (χ4v) is 7.65. The summed E-state index contributed by atoms with van der Waals surface area (Å²) >= 11 is 0. The molecule has 148 valence electrons. The van der Waals surface area contributed by atoms with E-state index in [-0.39, 0.29) is 34.7 Å². The lowest BCUT2D eigenvalue weighted by Gasteiger charge is -2.56. The molecule has 0 aromatic rings. The minimum absolute atomic E-state index is 0.0530. The normalized spacial score (nSPS) is 55.7. The van der Waals surface area contributed by atoms with Gasteiger partial charge in [0.05, 0.1) is 12.2 Å². The molecule has 27 heavy (non-hydrogen) atoms. The Hall–Kier alpha value is -1.08. The summed E-state index contributed by atoms with van der Waals surface area (Å²) in [7, 11) is 0.